The van der Waals surface area contributed by atoms with Gasteiger partial charge >= 0.3 is 0 Å². The lowest BCUT2D eigenvalue weighted by Gasteiger charge is -2.36. The summed E-state index contributed by atoms with van der Waals surface area (Å²) in [6.07, 6.45) is 5.32. The van der Waals surface area contributed by atoms with Crippen LogP contribution in [0.1, 0.15) is 32.1 Å². The molecule has 2 aliphatic heterocycles. The fourth-order valence-corrected chi connectivity index (χ4v) is 3.60. The Morgan fingerprint density at radius 2 is 1.89 bits per heavy atom. The maximum Gasteiger partial charge on any atom is 0.264 e. The van der Waals surface area contributed by atoms with Crippen molar-refractivity contribution in [1.29, 1.82) is 0 Å². The lowest BCUT2D eigenvalue weighted by Crippen LogP contribution is -2.53. The zero-order chi connectivity index (χ0) is 13.2. The first-order valence-electron chi connectivity index (χ1n) is 6.41. The smallest absolute Gasteiger partial charge is 0.264 e. The number of carbonyl (C=O) groups is 1. The van der Waals surface area contributed by atoms with Crippen molar-refractivity contribution in [2.45, 2.75) is 38.1 Å². The molecule has 1 atom stereocenters. The highest BCUT2D eigenvalue weighted by Gasteiger charge is 2.37. The fourth-order valence-electron chi connectivity index (χ4n) is 2.49. The minimum Gasteiger partial charge on any atom is -0.271 e. The van der Waals surface area contributed by atoms with Crippen LogP contribution in [0.25, 0.3) is 0 Å². The summed E-state index contributed by atoms with van der Waals surface area (Å²) < 4.78 is 24.7. The van der Waals surface area contributed by atoms with Crippen LogP contribution in [-0.4, -0.2) is 55.7 Å². The summed E-state index contributed by atoms with van der Waals surface area (Å²) >= 11 is 0. The zero-order valence-electron chi connectivity index (χ0n) is 10.7. The highest BCUT2D eigenvalue weighted by atomic mass is 32.2. The minimum atomic E-state index is -3.33. The molecule has 18 heavy (non-hydrogen) atoms. The molecule has 1 amide bonds. The third kappa shape index (κ3) is 3.02. The number of piperidine rings is 1. The van der Waals surface area contributed by atoms with E-state index in [-0.39, 0.29) is 5.91 Å². The van der Waals surface area contributed by atoms with Crippen LogP contribution in [0.3, 0.4) is 0 Å². The molecule has 0 aliphatic carbocycles. The van der Waals surface area contributed by atoms with E-state index >= 15 is 0 Å². The van der Waals surface area contributed by atoms with E-state index in [4.69, 9.17) is 4.84 Å². The van der Waals surface area contributed by atoms with Gasteiger partial charge in [0.25, 0.3) is 5.91 Å². The highest BCUT2D eigenvalue weighted by molar-refractivity contribution is 7.88. The molecule has 7 heteroatoms. The molecular weight excluding hydrogens is 256 g/mol. The van der Waals surface area contributed by atoms with E-state index in [1.807, 2.05) is 0 Å². The van der Waals surface area contributed by atoms with E-state index in [9.17, 15) is 13.2 Å². The Bertz CT molecular complexity index is 403. The van der Waals surface area contributed by atoms with Gasteiger partial charge in [0.15, 0.2) is 0 Å². The summed E-state index contributed by atoms with van der Waals surface area (Å²) in [5, 5.41) is 1.34. The summed E-state index contributed by atoms with van der Waals surface area (Å²) in [5.41, 5.74) is 0. The summed E-state index contributed by atoms with van der Waals surface area (Å²) in [6, 6.07) is -0.577. The molecular formula is C11H20N2O4S. The maximum atomic E-state index is 12.3. The number of carbonyl (C=O) groups excluding carboxylic acids is 1. The van der Waals surface area contributed by atoms with Crippen molar-refractivity contribution >= 4 is 15.9 Å². The lowest BCUT2D eigenvalue weighted by molar-refractivity contribution is -0.201. The maximum absolute atomic E-state index is 12.3. The predicted octanol–water partition coefficient (Wildman–Crippen LogP) is 0.354. The molecule has 2 aliphatic rings. The van der Waals surface area contributed by atoms with Gasteiger partial charge in [-0.3, -0.25) is 9.63 Å². The van der Waals surface area contributed by atoms with Crippen LogP contribution in [0, 0.1) is 0 Å². The molecule has 104 valence electrons. The first kappa shape index (κ1) is 13.8. The number of sulfonamides is 1. The second-order valence-corrected chi connectivity index (χ2v) is 6.80. The molecule has 0 N–H and O–H groups in total. The first-order valence-corrected chi connectivity index (χ1v) is 8.26. The molecule has 1 unspecified atom stereocenters. The van der Waals surface area contributed by atoms with Gasteiger partial charge in [-0.25, -0.2) is 13.5 Å². The molecule has 2 heterocycles. The van der Waals surface area contributed by atoms with Gasteiger partial charge in [0.1, 0.15) is 6.04 Å². The summed E-state index contributed by atoms with van der Waals surface area (Å²) in [5.74, 6) is -0.208. The summed E-state index contributed by atoms with van der Waals surface area (Å²) in [6.45, 7) is 1.54. The molecule has 2 rings (SSSR count). The second-order valence-electron chi connectivity index (χ2n) is 4.87. The van der Waals surface area contributed by atoms with Gasteiger partial charge in [-0.05, 0) is 25.7 Å². The minimum absolute atomic E-state index is 0.208. The molecule has 0 saturated carbocycles. The predicted molar refractivity (Wildman–Crippen MR) is 66.1 cm³/mol. The SMILES string of the molecule is CS(=O)(=O)N1CCCCC1C(=O)N1CCCCO1. The highest BCUT2D eigenvalue weighted by Crippen LogP contribution is 2.22. The van der Waals surface area contributed by atoms with Crippen molar-refractivity contribution in [3.8, 4) is 0 Å². The second kappa shape index (κ2) is 5.54. The van der Waals surface area contributed by atoms with Crippen LogP contribution in [0.4, 0.5) is 0 Å². The molecule has 2 saturated heterocycles. The number of nitrogens with zero attached hydrogens (tertiary/aromatic N) is 2. The zero-order valence-corrected chi connectivity index (χ0v) is 11.5. The molecule has 0 bridgehead atoms. The number of hydrogen-bond donors (Lipinski definition) is 0. The van der Waals surface area contributed by atoms with Crippen LogP contribution in [0.5, 0.6) is 0 Å². The van der Waals surface area contributed by atoms with Crippen molar-refractivity contribution < 1.29 is 18.0 Å². The molecule has 0 aromatic carbocycles. The van der Waals surface area contributed by atoms with E-state index < -0.39 is 16.1 Å². The molecule has 0 aromatic heterocycles. The molecule has 0 radical (unpaired) electrons. The Morgan fingerprint density at radius 1 is 1.17 bits per heavy atom. The van der Waals surface area contributed by atoms with Crippen LogP contribution >= 0.6 is 0 Å². The van der Waals surface area contributed by atoms with E-state index in [0.717, 1.165) is 31.9 Å². The van der Waals surface area contributed by atoms with E-state index in [1.54, 1.807) is 0 Å². The van der Waals surface area contributed by atoms with E-state index in [2.05, 4.69) is 0 Å². The van der Waals surface area contributed by atoms with Crippen molar-refractivity contribution in [2.24, 2.45) is 0 Å². The third-order valence-electron chi connectivity index (χ3n) is 3.41. The lowest BCUT2D eigenvalue weighted by atomic mass is 10.0. The quantitative estimate of drug-likeness (QED) is 0.730. The van der Waals surface area contributed by atoms with Crippen molar-refractivity contribution in [2.75, 3.05) is 26.0 Å². The normalized spacial score (nSPS) is 27.2. The molecule has 6 nitrogen and oxygen atoms in total. The van der Waals surface area contributed by atoms with Gasteiger partial charge in [0.2, 0.25) is 10.0 Å². The standard InChI is InChI=1S/C11H20N2O4S/c1-18(15,16)13-8-3-2-6-10(13)11(14)12-7-4-5-9-17-12/h10H,2-9H2,1H3. The van der Waals surface area contributed by atoms with Crippen molar-refractivity contribution in [1.82, 2.24) is 9.37 Å². The Labute approximate surface area is 108 Å². The Balaban J connectivity index is 2.10. The fraction of sp³-hybridized carbons (Fsp3) is 0.909. The largest absolute Gasteiger partial charge is 0.271 e. The molecule has 0 spiro atoms. The number of amides is 1. The van der Waals surface area contributed by atoms with Crippen LogP contribution in [0.15, 0.2) is 0 Å². The summed E-state index contributed by atoms with van der Waals surface area (Å²) in [7, 11) is -3.33. The van der Waals surface area contributed by atoms with Gasteiger partial charge in [0, 0.05) is 13.1 Å². The average Bonchev–Trinajstić information content (AvgIpc) is 2.38. The third-order valence-corrected chi connectivity index (χ3v) is 4.70. The van der Waals surface area contributed by atoms with E-state index in [1.165, 1.54) is 9.37 Å². The Hall–Kier alpha value is -0.660. The molecule has 2 fully saturated rings. The Morgan fingerprint density at radius 3 is 2.50 bits per heavy atom. The number of hydrogen-bond acceptors (Lipinski definition) is 4. The van der Waals surface area contributed by atoms with Crippen LogP contribution in [-0.2, 0) is 19.7 Å². The van der Waals surface area contributed by atoms with Crippen molar-refractivity contribution in [3.63, 3.8) is 0 Å². The summed E-state index contributed by atoms with van der Waals surface area (Å²) in [4.78, 5) is 17.6. The van der Waals surface area contributed by atoms with Crippen molar-refractivity contribution in [3.05, 3.63) is 0 Å². The average molecular weight is 276 g/mol. The van der Waals surface area contributed by atoms with E-state index in [0.29, 0.717) is 26.1 Å². The number of hydroxylamine groups is 2. The monoisotopic (exact) mass is 276 g/mol. The Kier molecular flexibility index (Phi) is 4.24. The molecule has 0 aromatic rings. The van der Waals surface area contributed by atoms with Gasteiger partial charge in [-0.15, -0.1) is 0 Å². The van der Waals surface area contributed by atoms with Crippen LogP contribution in [0.2, 0.25) is 0 Å². The van der Waals surface area contributed by atoms with Crippen LogP contribution < -0.4 is 0 Å². The van der Waals surface area contributed by atoms with Gasteiger partial charge in [-0.1, -0.05) is 6.42 Å². The topological polar surface area (TPSA) is 66.9 Å². The van der Waals surface area contributed by atoms with Gasteiger partial charge < -0.3 is 0 Å². The van der Waals surface area contributed by atoms with Gasteiger partial charge in [-0.2, -0.15) is 4.31 Å². The number of rotatable bonds is 2. The first-order chi connectivity index (χ1) is 8.50. The van der Waals surface area contributed by atoms with Gasteiger partial charge in [0.05, 0.1) is 12.9 Å².